The maximum Gasteiger partial charge on any atom is 0.233 e. The second-order valence-corrected chi connectivity index (χ2v) is 5.79. The fourth-order valence-electron chi connectivity index (χ4n) is 3.20. The standard InChI is InChI=1S/C17H19NO2/c1-11-7-9-13(10-8-11)12(2)18-16(19)14-5-3-4-6-15(14)17(18)20/h3-4,7-10,12,14-15H,5-6H2,1-2H3/t12-,14-,15+/m1/s1. The molecule has 104 valence electrons. The van der Waals surface area contributed by atoms with E-state index in [1.165, 1.54) is 10.5 Å². The fourth-order valence-corrected chi connectivity index (χ4v) is 3.20. The predicted octanol–water partition coefficient (Wildman–Crippen LogP) is 3.01. The molecule has 0 unspecified atom stereocenters. The molecule has 1 heterocycles. The van der Waals surface area contributed by atoms with Gasteiger partial charge in [0.1, 0.15) is 0 Å². The number of imide groups is 1. The summed E-state index contributed by atoms with van der Waals surface area (Å²) in [6.45, 7) is 3.96. The number of benzene rings is 1. The molecule has 0 bridgehead atoms. The summed E-state index contributed by atoms with van der Waals surface area (Å²) >= 11 is 0. The molecule has 0 radical (unpaired) electrons. The van der Waals surface area contributed by atoms with Crippen LogP contribution in [0.25, 0.3) is 0 Å². The van der Waals surface area contributed by atoms with Crippen molar-refractivity contribution in [1.82, 2.24) is 4.90 Å². The van der Waals surface area contributed by atoms with Crippen LogP contribution < -0.4 is 0 Å². The van der Waals surface area contributed by atoms with Gasteiger partial charge in [-0.2, -0.15) is 0 Å². The Morgan fingerprint density at radius 3 is 2.00 bits per heavy atom. The van der Waals surface area contributed by atoms with Crippen molar-refractivity contribution in [3.05, 3.63) is 47.5 Å². The van der Waals surface area contributed by atoms with E-state index >= 15 is 0 Å². The smallest absolute Gasteiger partial charge is 0.233 e. The lowest BCUT2D eigenvalue weighted by Crippen LogP contribution is -2.33. The average Bonchev–Trinajstić information content (AvgIpc) is 2.72. The van der Waals surface area contributed by atoms with Crippen LogP contribution in [0.5, 0.6) is 0 Å². The minimum absolute atomic E-state index is 0.00238. The lowest BCUT2D eigenvalue weighted by Gasteiger charge is -2.23. The van der Waals surface area contributed by atoms with Gasteiger partial charge in [0.25, 0.3) is 0 Å². The van der Waals surface area contributed by atoms with Crippen LogP contribution in [0.1, 0.15) is 36.9 Å². The van der Waals surface area contributed by atoms with E-state index in [1.807, 2.05) is 50.3 Å². The van der Waals surface area contributed by atoms with E-state index in [9.17, 15) is 9.59 Å². The lowest BCUT2D eigenvalue weighted by atomic mass is 9.85. The largest absolute Gasteiger partial charge is 0.275 e. The maximum atomic E-state index is 12.5. The highest BCUT2D eigenvalue weighted by Gasteiger charge is 2.48. The number of carbonyl (C=O) groups is 2. The molecule has 0 N–H and O–H groups in total. The Kier molecular flexibility index (Phi) is 3.20. The first-order valence-corrected chi connectivity index (χ1v) is 7.18. The highest BCUT2D eigenvalue weighted by Crippen LogP contribution is 2.39. The van der Waals surface area contributed by atoms with E-state index in [-0.39, 0.29) is 29.7 Å². The third-order valence-electron chi connectivity index (χ3n) is 4.49. The predicted molar refractivity (Wildman–Crippen MR) is 76.8 cm³/mol. The first-order valence-electron chi connectivity index (χ1n) is 7.18. The van der Waals surface area contributed by atoms with E-state index in [4.69, 9.17) is 0 Å². The van der Waals surface area contributed by atoms with Gasteiger partial charge in [0, 0.05) is 0 Å². The number of nitrogens with zero attached hydrogens (tertiary/aromatic N) is 1. The number of fused-ring (bicyclic) bond motifs is 1. The molecule has 3 rings (SSSR count). The van der Waals surface area contributed by atoms with Gasteiger partial charge in [-0.25, -0.2) is 0 Å². The molecular formula is C17H19NO2. The Morgan fingerprint density at radius 1 is 1.00 bits per heavy atom. The van der Waals surface area contributed by atoms with Crippen LogP contribution in [0.4, 0.5) is 0 Å². The molecule has 1 aliphatic carbocycles. The van der Waals surface area contributed by atoms with E-state index < -0.39 is 0 Å². The maximum absolute atomic E-state index is 12.5. The summed E-state index contributed by atoms with van der Waals surface area (Å²) in [6.07, 6.45) is 5.44. The van der Waals surface area contributed by atoms with Crippen LogP contribution in [0, 0.1) is 18.8 Å². The minimum Gasteiger partial charge on any atom is -0.275 e. The first kappa shape index (κ1) is 13.1. The van der Waals surface area contributed by atoms with Gasteiger partial charge in [-0.15, -0.1) is 0 Å². The van der Waals surface area contributed by atoms with Gasteiger partial charge in [0.05, 0.1) is 17.9 Å². The van der Waals surface area contributed by atoms with Crippen molar-refractivity contribution >= 4 is 11.8 Å². The van der Waals surface area contributed by atoms with Crippen LogP contribution in [-0.4, -0.2) is 16.7 Å². The summed E-state index contributed by atoms with van der Waals surface area (Å²) in [5.41, 5.74) is 2.20. The molecule has 1 aromatic carbocycles. The second kappa shape index (κ2) is 4.89. The van der Waals surface area contributed by atoms with Crippen LogP contribution in [0.2, 0.25) is 0 Å². The van der Waals surface area contributed by atoms with Gasteiger partial charge in [-0.3, -0.25) is 14.5 Å². The van der Waals surface area contributed by atoms with E-state index in [0.717, 1.165) is 5.56 Å². The van der Waals surface area contributed by atoms with Gasteiger partial charge in [-0.1, -0.05) is 42.0 Å². The monoisotopic (exact) mass is 269 g/mol. The van der Waals surface area contributed by atoms with Crippen molar-refractivity contribution in [3.8, 4) is 0 Å². The molecule has 2 amide bonds. The lowest BCUT2D eigenvalue weighted by molar-refractivity contribution is -0.142. The molecular weight excluding hydrogens is 250 g/mol. The van der Waals surface area contributed by atoms with Gasteiger partial charge in [-0.05, 0) is 32.3 Å². The van der Waals surface area contributed by atoms with Crippen molar-refractivity contribution in [3.63, 3.8) is 0 Å². The fraction of sp³-hybridized carbons (Fsp3) is 0.412. The zero-order valence-electron chi connectivity index (χ0n) is 11.9. The summed E-state index contributed by atoms with van der Waals surface area (Å²) < 4.78 is 0. The number of rotatable bonds is 2. The number of aryl methyl sites for hydroxylation is 1. The summed E-state index contributed by atoms with van der Waals surface area (Å²) in [5, 5.41) is 0. The Morgan fingerprint density at radius 2 is 1.50 bits per heavy atom. The zero-order valence-corrected chi connectivity index (χ0v) is 11.9. The van der Waals surface area contributed by atoms with Gasteiger partial charge in [0.15, 0.2) is 0 Å². The highest BCUT2D eigenvalue weighted by molar-refractivity contribution is 6.05. The van der Waals surface area contributed by atoms with Crippen molar-refractivity contribution in [1.29, 1.82) is 0 Å². The van der Waals surface area contributed by atoms with Crippen LogP contribution in [0.15, 0.2) is 36.4 Å². The molecule has 20 heavy (non-hydrogen) atoms. The molecule has 0 aromatic heterocycles. The number of hydrogen-bond acceptors (Lipinski definition) is 2. The molecule has 1 aromatic rings. The SMILES string of the molecule is Cc1ccc([C@@H](C)N2C(=O)[C@H]3CC=CC[C@H]3C2=O)cc1. The van der Waals surface area contributed by atoms with Crippen molar-refractivity contribution < 1.29 is 9.59 Å². The van der Waals surface area contributed by atoms with E-state index in [2.05, 4.69) is 0 Å². The Bertz CT molecular complexity index is 547. The van der Waals surface area contributed by atoms with Crippen LogP contribution in [0.3, 0.4) is 0 Å². The molecule has 1 fully saturated rings. The normalized spacial score (nSPS) is 26.8. The van der Waals surface area contributed by atoms with Gasteiger partial charge >= 0.3 is 0 Å². The molecule has 3 atom stereocenters. The van der Waals surface area contributed by atoms with E-state index in [0.29, 0.717) is 12.8 Å². The number of amides is 2. The summed E-state index contributed by atoms with van der Waals surface area (Å²) in [4.78, 5) is 26.5. The Labute approximate surface area is 119 Å². The molecule has 0 saturated carbocycles. The van der Waals surface area contributed by atoms with Crippen molar-refractivity contribution in [2.75, 3.05) is 0 Å². The molecule has 1 saturated heterocycles. The third kappa shape index (κ3) is 1.98. The zero-order chi connectivity index (χ0) is 14.3. The molecule has 1 aliphatic heterocycles. The highest BCUT2D eigenvalue weighted by atomic mass is 16.2. The van der Waals surface area contributed by atoms with Crippen LogP contribution in [-0.2, 0) is 9.59 Å². The molecule has 0 spiro atoms. The summed E-state index contributed by atoms with van der Waals surface area (Å²) in [7, 11) is 0. The molecule has 2 aliphatic rings. The van der Waals surface area contributed by atoms with Crippen molar-refractivity contribution in [2.45, 2.75) is 32.7 Å². The first-order chi connectivity index (χ1) is 9.59. The number of likely N-dealkylation sites (tertiary alicyclic amines) is 1. The number of hydrogen-bond donors (Lipinski definition) is 0. The van der Waals surface area contributed by atoms with E-state index in [1.54, 1.807) is 0 Å². The van der Waals surface area contributed by atoms with Gasteiger partial charge in [0.2, 0.25) is 11.8 Å². The topological polar surface area (TPSA) is 37.4 Å². The molecule has 3 nitrogen and oxygen atoms in total. The Hall–Kier alpha value is -1.90. The summed E-state index contributed by atoms with van der Waals surface area (Å²) in [6, 6.07) is 7.86. The average molecular weight is 269 g/mol. The van der Waals surface area contributed by atoms with Crippen LogP contribution >= 0.6 is 0 Å². The second-order valence-electron chi connectivity index (χ2n) is 5.79. The minimum atomic E-state index is -0.179. The quantitative estimate of drug-likeness (QED) is 0.611. The summed E-state index contributed by atoms with van der Waals surface area (Å²) in [5.74, 6) is -0.282. The Balaban J connectivity index is 1.88. The van der Waals surface area contributed by atoms with Crippen molar-refractivity contribution in [2.24, 2.45) is 11.8 Å². The molecule has 3 heteroatoms. The van der Waals surface area contributed by atoms with Gasteiger partial charge < -0.3 is 0 Å². The number of allylic oxidation sites excluding steroid dienone is 2. The third-order valence-corrected chi connectivity index (χ3v) is 4.49. The number of carbonyl (C=O) groups excluding carboxylic acids is 2.